The number of benzene rings is 2. The molecule has 0 heterocycles. The summed E-state index contributed by atoms with van der Waals surface area (Å²) < 4.78 is 41.4. The fourth-order valence-corrected chi connectivity index (χ4v) is 2.21. The molecule has 0 fully saturated rings. The van der Waals surface area contributed by atoms with Crippen molar-refractivity contribution in [3.8, 4) is 5.75 Å². The number of halogens is 3. The van der Waals surface area contributed by atoms with Crippen LogP contribution in [0, 0.1) is 20.2 Å². The topological polar surface area (TPSA) is 120 Å². The summed E-state index contributed by atoms with van der Waals surface area (Å²) in [4.78, 5) is 20.2. The van der Waals surface area contributed by atoms with E-state index < -0.39 is 28.3 Å². The zero-order valence-electron chi connectivity index (χ0n) is 13.7. The quantitative estimate of drug-likeness (QED) is 0.407. The van der Waals surface area contributed by atoms with Crippen LogP contribution in [0.1, 0.15) is 0 Å². The Hall–Kier alpha value is -3.48. The molecule has 9 nitrogen and oxygen atoms in total. The minimum absolute atomic E-state index is 0.0192. The van der Waals surface area contributed by atoms with Gasteiger partial charge < -0.3 is 15.4 Å². The molecule has 0 saturated heterocycles. The third kappa shape index (κ3) is 6.35. The molecule has 0 saturated carbocycles. The van der Waals surface area contributed by atoms with E-state index in [-0.39, 0.29) is 22.2 Å². The number of rotatable bonds is 6. The number of nitro groups is 2. The molecule has 28 heavy (non-hydrogen) atoms. The largest absolute Gasteiger partial charge is 0.484 e. The molecule has 0 radical (unpaired) electrons. The van der Waals surface area contributed by atoms with Crippen molar-refractivity contribution in [3.05, 3.63) is 62.7 Å². The Labute approximate surface area is 160 Å². The van der Waals surface area contributed by atoms with Crippen LogP contribution in [0.3, 0.4) is 0 Å². The number of nitrogens with one attached hydrogen (secondary N) is 2. The summed E-state index contributed by atoms with van der Waals surface area (Å²) in [5.41, 5.74) is -0.220. The summed E-state index contributed by atoms with van der Waals surface area (Å²) in [6.07, 6.45) is -4.61. The molecular formula is C15H11F3N4O5S. The highest BCUT2D eigenvalue weighted by Crippen LogP contribution is 2.28. The highest BCUT2D eigenvalue weighted by Gasteiger charge is 2.28. The number of nitrogens with zero attached hydrogens (tertiary/aromatic N) is 2. The van der Waals surface area contributed by atoms with Gasteiger partial charge in [-0.2, -0.15) is 13.2 Å². The Morgan fingerprint density at radius 2 is 1.54 bits per heavy atom. The normalized spacial score (nSPS) is 10.8. The summed E-state index contributed by atoms with van der Waals surface area (Å²) >= 11 is 5.03. The molecule has 0 aliphatic carbocycles. The van der Waals surface area contributed by atoms with Crippen LogP contribution in [0.5, 0.6) is 5.75 Å². The van der Waals surface area contributed by atoms with E-state index in [1.165, 1.54) is 24.3 Å². The van der Waals surface area contributed by atoms with Gasteiger partial charge in [0.05, 0.1) is 21.6 Å². The Bertz CT molecular complexity index is 906. The van der Waals surface area contributed by atoms with Gasteiger partial charge in [0.15, 0.2) is 11.7 Å². The lowest BCUT2D eigenvalue weighted by Crippen LogP contribution is -2.20. The number of thiocarbonyl (C=S) groups is 1. The van der Waals surface area contributed by atoms with E-state index in [1.54, 1.807) is 0 Å². The van der Waals surface area contributed by atoms with Crippen LogP contribution in [0.4, 0.5) is 35.9 Å². The maximum Gasteiger partial charge on any atom is 0.422 e. The number of ether oxygens (including phenoxy) is 1. The zero-order chi connectivity index (χ0) is 20.9. The molecule has 0 spiro atoms. The van der Waals surface area contributed by atoms with E-state index >= 15 is 0 Å². The number of alkyl halides is 3. The van der Waals surface area contributed by atoms with Gasteiger partial charge in [0.25, 0.3) is 11.4 Å². The molecule has 2 aromatic carbocycles. The van der Waals surface area contributed by atoms with Crippen molar-refractivity contribution >= 4 is 40.1 Å². The highest BCUT2D eigenvalue weighted by molar-refractivity contribution is 7.80. The molecule has 13 heteroatoms. The van der Waals surface area contributed by atoms with Crippen LogP contribution >= 0.6 is 12.2 Å². The second-order valence-electron chi connectivity index (χ2n) is 5.26. The molecule has 0 unspecified atom stereocenters. The van der Waals surface area contributed by atoms with Gasteiger partial charge in [-0.3, -0.25) is 20.2 Å². The number of anilines is 2. The van der Waals surface area contributed by atoms with Crippen molar-refractivity contribution in [2.24, 2.45) is 0 Å². The molecule has 0 aliphatic rings. The fraction of sp³-hybridized carbons (Fsp3) is 0.133. The average Bonchev–Trinajstić information content (AvgIpc) is 2.59. The second kappa shape index (κ2) is 8.47. The van der Waals surface area contributed by atoms with Gasteiger partial charge in [0, 0.05) is 30.0 Å². The first-order valence-electron chi connectivity index (χ1n) is 7.35. The molecule has 0 atom stereocenters. The monoisotopic (exact) mass is 416 g/mol. The molecule has 2 aromatic rings. The molecule has 148 valence electrons. The maximum atomic E-state index is 12.3. The first-order chi connectivity index (χ1) is 13.0. The lowest BCUT2D eigenvalue weighted by molar-refractivity contribution is -0.385. The van der Waals surface area contributed by atoms with Gasteiger partial charge in [0.1, 0.15) is 5.75 Å². The van der Waals surface area contributed by atoms with E-state index in [4.69, 9.17) is 12.2 Å². The van der Waals surface area contributed by atoms with Crippen molar-refractivity contribution in [1.29, 1.82) is 0 Å². The zero-order valence-corrected chi connectivity index (χ0v) is 14.5. The van der Waals surface area contributed by atoms with Gasteiger partial charge in [-0.1, -0.05) is 0 Å². The van der Waals surface area contributed by atoms with E-state index in [0.717, 1.165) is 18.2 Å². The Morgan fingerprint density at radius 3 is 2.07 bits per heavy atom. The first-order valence-corrected chi connectivity index (χ1v) is 7.76. The van der Waals surface area contributed by atoms with E-state index in [1.807, 2.05) is 0 Å². The van der Waals surface area contributed by atoms with Gasteiger partial charge in [0.2, 0.25) is 0 Å². The van der Waals surface area contributed by atoms with Crippen LogP contribution < -0.4 is 15.4 Å². The van der Waals surface area contributed by atoms with Crippen LogP contribution in [-0.2, 0) is 0 Å². The van der Waals surface area contributed by atoms with E-state index in [0.29, 0.717) is 5.69 Å². The highest BCUT2D eigenvalue weighted by atomic mass is 32.1. The summed E-state index contributed by atoms with van der Waals surface area (Å²) in [5, 5.41) is 26.8. The minimum Gasteiger partial charge on any atom is -0.484 e. The Balaban J connectivity index is 2.12. The van der Waals surface area contributed by atoms with Crippen LogP contribution in [-0.4, -0.2) is 27.7 Å². The van der Waals surface area contributed by atoms with Gasteiger partial charge in [-0.15, -0.1) is 0 Å². The summed E-state index contributed by atoms with van der Waals surface area (Å²) in [6, 6.07) is 8.27. The Kier molecular flexibility index (Phi) is 6.30. The smallest absolute Gasteiger partial charge is 0.422 e. The number of hydrogen-bond acceptors (Lipinski definition) is 6. The molecule has 0 aliphatic heterocycles. The third-order valence-electron chi connectivity index (χ3n) is 3.10. The molecule has 0 aromatic heterocycles. The van der Waals surface area contributed by atoms with E-state index in [2.05, 4.69) is 15.4 Å². The summed E-state index contributed by atoms with van der Waals surface area (Å²) in [5.74, 6) is -0.368. The van der Waals surface area contributed by atoms with Crippen molar-refractivity contribution in [3.63, 3.8) is 0 Å². The predicted molar refractivity (Wildman–Crippen MR) is 97.6 cm³/mol. The van der Waals surface area contributed by atoms with E-state index in [9.17, 15) is 33.4 Å². The van der Waals surface area contributed by atoms with Crippen molar-refractivity contribution in [2.75, 3.05) is 17.2 Å². The molecule has 2 rings (SSSR count). The van der Waals surface area contributed by atoms with Crippen LogP contribution in [0.2, 0.25) is 0 Å². The van der Waals surface area contributed by atoms with Crippen molar-refractivity contribution in [1.82, 2.24) is 0 Å². The third-order valence-corrected chi connectivity index (χ3v) is 3.30. The SMILES string of the molecule is O=[N+]([O-])c1ccc(NC(=S)Nc2cc(OCC(F)(F)F)cc([N+](=O)[O-])c2)cc1. The first kappa shape index (κ1) is 20.8. The standard InChI is InChI=1S/C15H11F3N4O5S/c16-15(17,18)8-27-13-6-10(5-12(7-13)22(25)26)20-14(28)19-9-1-3-11(4-2-9)21(23)24/h1-7H,8H2,(H2,19,20,28). The number of nitro benzene ring substituents is 2. The van der Waals surface area contributed by atoms with Gasteiger partial charge in [-0.25, -0.2) is 0 Å². The van der Waals surface area contributed by atoms with Crippen molar-refractivity contribution in [2.45, 2.75) is 6.18 Å². The molecule has 0 amide bonds. The van der Waals surface area contributed by atoms with Crippen LogP contribution in [0.25, 0.3) is 0 Å². The average molecular weight is 416 g/mol. The lowest BCUT2D eigenvalue weighted by atomic mass is 10.2. The number of non-ortho nitro benzene ring substituents is 2. The van der Waals surface area contributed by atoms with Gasteiger partial charge in [-0.05, 0) is 24.4 Å². The van der Waals surface area contributed by atoms with Crippen molar-refractivity contribution < 1.29 is 27.8 Å². The lowest BCUT2D eigenvalue weighted by Gasteiger charge is -2.13. The fourth-order valence-electron chi connectivity index (χ4n) is 1.97. The number of hydrogen-bond donors (Lipinski definition) is 2. The summed E-state index contributed by atoms with van der Waals surface area (Å²) in [7, 11) is 0. The molecule has 2 N–H and O–H groups in total. The maximum absolute atomic E-state index is 12.3. The predicted octanol–water partition coefficient (Wildman–Crippen LogP) is 4.25. The summed E-state index contributed by atoms with van der Waals surface area (Å²) in [6.45, 7) is -1.61. The van der Waals surface area contributed by atoms with Gasteiger partial charge >= 0.3 is 6.18 Å². The minimum atomic E-state index is -4.61. The van der Waals surface area contributed by atoms with Crippen LogP contribution in [0.15, 0.2) is 42.5 Å². The second-order valence-corrected chi connectivity index (χ2v) is 5.67. The Morgan fingerprint density at radius 1 is 0.964 bits per heavy atom. The molecule has 0 bridgehead atoms. The molecular weight excluding hydrogens is 405 g/mol.